The zero-order valence-electron chi connectivity index (χ0n) is 19.2. The molecule has 8 nitrogen and oxygen atoms in total. The van der Waals surface area contributed by atoms with Crippen LogP contribution in [-0.2, 0) is 22.6 Å². The van der Waals surface area contributed by atoms with Crippen molar-refractivity contribution < 1.29 is 26.4 Å². The number of hydrogen-bond acceptors (Lipinski definition) is 5. The number of hydrogen-bond donors (Lipinski definition) is 3. The minimum Gasteiger partial charge on any atom is -0.384 e. The molecule has 1 aromatic heterocycles. The van der Waals surface area contributed by atoms with E-state index in [2.05, 4.69) is 10.4 Å². The monoisotopic (exact) mass is 529 g/mol. The van der Waals surface area contributed by atoms with Crippen LogP contribution in [0.25, 0.3) is 16.9 Å². The second kappa shape index (κ2) is 10.1. The van der Waals surface area contributed by atoms with Crippen LogP contribution in [0.4, 0.5) is 19.0 Å². The molecule has 0 saturated carbocycles. The van der Waals surface area contributed by atoms with Crippen molar-refractivity contribution in [3.63, 3.8) is 0 Å². The molecule has 37 heavy (non-hydrogen) atoms. The number of alkyl halides is 3. The third kappa shape index (κ3) is 6.16. The lowest BCUT2D eigenvalue weighted by Crippen LogP contribution is -2.25. The maximum Gasteiger partial charge on any atom is 0.416 e. The van der Waals surface area contributed by atoms with Gasteiger partial charge in [-0.15, -0.1) is 0 Å². The lowest BCUT2D eigenvalue weighted by Gasteiger charge is -2.08. The third-order valence-corrected chi connectivity index (χ3v) is 6.48. The molecule has 3 aromatic carbocycles. The molecule has 0 saturated heterocycles. The van der Waals surface area contributed by atoms with Crippen LogP contribution in [0.5, 0.6) is 0 Å². The SMILES string of the molecule is Nc1cc(-c2cccc(C(F)(F)F)c2)nn1-c1ccc(C(=O)NCCc2ccc(S(N)(=O)=O)cc2)cc1. The maximum atomic E-state index is 13.0. The van der Waals surface area contributed by atoms with Gasteiger partial charge in [-0.2, -0.15) is 18.3 Å². The summed E-state index contributed by atoms with van der Waals surface area (Å²) in [4.78, 5) is 12.5. The van der Waals surface area contributed by atoms with Crippen LogP contribution < -0.4 is 16.2 Å². The van der Waals surface area contributed by atoms with Gasteiger partial charge in [0, 0.05) is 23.7 Å². The number of nitrogens with two attached hydrogens (primary N) is 2. The Morgan fingerprint density at radius 2 is 1.65 bits per heavy atom. The van der Waals surface area contributed by atoms with Gasteiger partial charge in [0.15, 0.2) is 0 Å². The number of anilines is 1. The fourth-order valence-corrected chi connectivity index (χ4v) is 4.14. The lowest BCUT2D eigenvalue weighted by molar-refractivity contribution is -0.137. The van der Waals surface area contributed by atoms with Gasteiger partial charge in [-0.25, -0.2) is 18.2 Å². The summed E-state index contributed by atoms with van der Waals surface area (Å²) in [7, 11) is -3.76. The molecule has 0 bridgehead atoms. The van der Waals surface area contributed by atoms with Crippen molar-refractivity contribution in [2.75, 3.05) is 12.3 Å². The fraction of sp³-hybridized carbons (Fsp3) is 0.120. The Bertz CT molecular complexity index is 1530. The molecule has 0 atom stereocenters. The second-order valence-electron chi connectivity index (χ2n) is 8.19. The summed E-state index contributed by atoms with van der Waals surface area (Å²) >= 11 is 0. The molecule has 0 radical (unpaired) electrons. The zero-order chi connectivity index (χ0) is 26.8. The predicted molar refractivity (Wildman–Crippen MR) is 132 cm³/mol. The molecule has 0 fully saturated rings. The molecule has 0 aliphatic carbocycles. The summed E-state index contributed by atoms with van der Waals surface area (Å²) in [5.41, 5.74) is 7.56. The molecule has 0 unspecified atom stereocenters. The van der Waals surface area contributed by atoms with Gasteiger partial charge in [0.05, 0.1) is 21.8 Å². The van der Waals surface area contributed by atoms with Gasteiger partial charge < -0.3 is 11.1 Å². The second-order valence-corrected chi connectivity index (χ2v) is 9.75. The van der Waals surface area contributed by atoms with E-state index in [1.165, 1.54) is 35.0 Å². The van der Waals surface area contributed by atoms with Crippen molar-refractivity contribution in [1.29, 1.82) is 0 Å². The highest BCUT2D eigenvalue weighted by Gasteiger charge is 2.30. The molecule has 0 aliphatic rings. The standard InChI is InChI=1S/C25H22F3N5O3S/c26-25(27,28)19-3-1-2-18(14-19)22-15-23(29)33(32-22)20-8-6-17(7-9-20)24(34)31-13-12-16-4-10-21(11-5-16)37(30,35)36/h1-11,14-15H,12-13,29H2,(H,31,34)(H2,30,35,36). The third-order valence-electron chi connectivity index (χ3n) is 5.55. The van der Waals surface area contributed by atoms with E-state index >= 15 is 0 Å². The number of amides is 1. The van der Waals surface area contributed by atoms with Crippen LogP contribution in [0.3, 0.4) is 0 Å². The molecule has 0 aliphatic heterocycles. The van der Waals surface area contributed by atoms with E-state index in [4.69, 9.17) is 10.9 Å². The number of sulfonamides is 1. The van der Waals surface area contributed by atoms with Gasteiger partial charge in [0.2, 0.25) is 10.0 Å². The number of halogens is 3. The van der Waals surface area contributed by atoms with E-state index in [-0.39, 0.29) is 27.9 Å². The first-order valence-electron chi connectivity index (χ1n) is 11.0. The van der Waals surface area contributed by atoms with Crippen LogP contribution in [0.15, 0.2) is 83.8 Å². The summed E-state index contributed by atoms with van der Waals surface area (Å²) < 4.78 is 63.2. The number of aromatic nitrogens is 2. The number of nitrogen functional groups attached to an aromatic ring is 1. The number of nitrogens with zero attached hydrogens (tertiary/aromatic N) is 2. The Hall–Kier alpha value is -4.16. The molecule has 4 rings (SSSR count). The van der Waals surface area contributed by atoms with E-state index in [9.17, 15) is 26.4 Å². The van der Waals surface area contributed by atoms with Crippen LogP contribution in [0, 0.1) is 0 Å². The summed E-state index contributed by atoms with van der Waals surface area (Å²) in [5, 5.41) is 12.2. The molecule has 4 aromatic rings. The van der Waals surface area contributed by atoms with Crippen molar-refractivity contribution >= 4 is 21.7 Å². The van der Waals surface area contributed by atoms with Gasteiger partial charge in [-0.05, 0) is 60.5 Å². The summed E-state index contributed by atoms with van der Waals surface area (Å²) in [6.45, 7) is 0.321. The number of rotatable bonds is 7. The van der Waals surface area contributed by atoms with Crippen molar-refractivity contribution in [2.45, 2.75) is 17.5 Å². The van der Waals surface area contributed by atoms with Crippen LogP contribution in [0.2, 0.25) is 0 Å². The molecule has 192 valence electrons. The lowest BCUT2D eigenvalue weighted by atomic mass is 10.1. The van der Waals surface area contributed by atoms with E-state index in [0.29, 0.717) is 24.2 Å². The van der Waals surface area contributed by atoms with Crippen molar-refractivity contribution in [3.05, 3.63) is 95.6 Å². The maximum absolute atomic E-state index is 13.0. The number of benzene rings is 3. The fourth-order valence-electron chi connectivity index (χ4n) is 3.62. The highest BCUT2D eigenvalue weighted by molar-refractivity contribution is 7.89. The quantitative estimate of drug-likeness (QED) is 0.335. The Balaban J connectivity index is 1.41. The first-order chi connectivity index (χ1) is 17.4. The van der Waals surface area contributed by atoms with E-state index in [1.54, 1.807) is 36.4 Å². The molecule has 12 heteroatoms. The average Bonchev–Trinajstić information content (AvgIpc) is 3.25. The van der Waals surface area contributed by atoms with Crippen LogP contribution >= 0.6 is 0 Å². The summed E-state index contributed by atoms with van der Waals surface area (Å²) in [6.07, 6.45) is -3.99. The predicted octanol–water partition coefficient (Wildman–Crippen LogP) is 3.76. The highest BCUT2D eigenvalue weighted by Crippen LogP contribution is 2.32. The van der Waals surface area contributed by atoms with Crippen LogP contribution in [-0.4, -0.2) is 30.7 Å². The highest BCUT2D eigenvalue weighted by atomic mass is 32.2. The van der Waals surface area contributed by atoms with Gasteiger partial charge in [-0.3, -0.25) is 4.79 Å². The molecule has 0 spiro atoms. The van der Waals surface area contributed by atoms with E-state index in [1.807, 2.05) is 0 Å². The number of primary sulfonamides is 1. The first-order valence-corrected chi connectivity index (χ1v) is 12.5. The number of carbonyl (C=O) groups is 1. The topological polar surface area (TPSA) is 133 Å². The molecule has 5 N–H and O–H groups in total. The minimum atomic E-state index is -4.47. The Labute approximate surface area is 210 Å². The number of nitrogens with one attached hydrogen (secondary N) is 1. The van der Waals surface area contributed by atoms with Gasteiger partial charge in [0.25, 0.3) is 5.91 Å². The van der Waals surface area contributed by atoms with Crippen molar-refractivity contribution in [2.24, 2.45) is 5.14 Å². The smallest absolute Gasteiger partial charge is 0.384 e. The molecular weight excluding hydrogens is 507 g/mol. The van der Waals surface area contributed by atoms with Crippen LogP contribution in [0.1, 0.15) is 21.5 Å². The summed E-state index contributed by atoms with van der Waals surface area (Å²) in [5.74, 6) is -0.0936. The largest absolute Gasteiger partial charge is 0.416 e. The van der Waals surface area contributed by atoms with Gasteiger partial charge in [0.1, 0.15) is 5.82 Å². The zero-order valence-corrected chi connectivity index (χ0v) is 20.1. The van der Waals surface area contributed by atoms with Gasteiger partial charge in [-0.1, -0.05) is 24.3 Å². The average molecular weight is 530 g/mol. The Kier molecular flexibility index (Phi) is 7.05. The van der Waals surface area contributed by atoms with Crippen molar-refractivity contribution in [3.8, 4) is 16.9 Å². The van der Waals surface area contributed by atoms with Crippen molar-refractivity contribution in [1.82, 2.24) is 15.1 Å². The Morgan fingerprint density at radius 1 is 0.973 bits per heavy atom. The summed E-state index contributed by atoms with van der Waals surface area (Å²) in [6, 6.07) is 18.8. The normalized spacial score (nSPS) is 11.9. The Morgan fingerprint density at radius 3 is 2.27 bits per heavy atom. The molecular formula is C25H22F3N5O3S. The minimum absolute atomic E-state index is 0.0140. The molecule has 1 amide bonds. The van der Waals surface area contributed by atoms with Gasteiger partial charge >= 0.3 is 6.18 Å². The number of carbonyl (C=O) groups excluding carboxylic acids is 1. The van der Waals surface area contributed by atoms with E-state index < -0.39 is 21.8 Å². The van der Waals surface area contributed by atoms with E-state index in [0.717, 1.165) is 17.7 Å². The first kappa shape index (κ1) is 25.9. The molecule has 1 heterocycles.